The van der Waals surface area contributed by atoms with Crippen LogP contribution in [0.2, 0.25) is 0 Å². The van der Waals surface area contributed by atoms with Crippen molar-refractivity contribution in [3.05, 3.63) is 72.2 Å². The lowest BCUT2D eigenvalue weighted by molar-refractivity contribution is 0.0742. The fraction of sp³-hybridized carbons (Fsp3) is 0.261. The summed E-state index contributed by atoms with van der Waals surface area (Å²) in [5.74, 6) is 0.506. The van der Waals surface area contributed by atoms with E-state index < -0.39 is 0 Å². The van der Waals surface area contributed by atoms with Gasteiger partial charge in [-0.25, -0.2) is 4.98 Å². The van der Waals surface area contributed by atoms with Gasteiger partial charge in [0.15, 0.2) is 0 Å². The van der Waals surface area contributed by atoms with E-state index in [2.05, 4.69) is 16.5 Å². The number of amides is 1. The monoisotopic (exact) mass is 387 g/mol. The fourth-order valence-corrected chi connectivity index (χ4v) is 4.18. The molecule has 1 aliphatic heterocycles. The Morgan fingerprint density at radius 2 is 2.03 bits per heavy atom. The maximum Gasteiger partial charge on any atom is 0.254 e. The molecule has 1 unspecified atom stereocenters. The van der Waals surface area contributed by atoms with Crippen LogP contribution in [0.3, 0.4) is 0 Å². The lowest BCUT2D eigenvalue weighted by Crippen LogP contribution is -2.34. The zero-order valence-corrected chi connectivity index (χ0v) is 16.5. The summed E-state index contributed by atoms with van der Waals surface area (Å²) in [4.78, 5) is 19.5. The quantitative estimate of drug-likeness (QED) is 0.657. The molecule has 0 bridgehead atoms. The molecule has 4 rings (SSSR count). The average Bonchev–Trinajstić information content (AvgIpc) is 3.32. The lowest BCUT2D eigenvalue weighted by Gasteiger charge is -2.21. The van der Waals surface area contributed by atoms with Crippen LogP contribution in [0.4, 0.5) is 0 Å². The second-order valence-corrected chi connectivity index (χ2v) is 7.61. The molecule has 1 aromatic carbocycles. The first kappa shape index (κ1) is 18.9. The summed E-state index contributed by atoms with van der Waals surface area (Å²) in [6.07, 6.45) is 5.64. The molecule has 0 spiro atoms. The van der Waals surface area contributed by atoms with Gasteiger partial charge in [0.1, 0.15) is 0 Å². The van der Waals surface area contributed by atoms with E-state index in [1.807, 2.05) is 59.6 Å². The number of likely N-dealkylation sites (tertiary alicyclic amines) is 1. The SMILES string of the molecule is C[C@H]1CC(Cn2ccc3nc(/C(C=N)=C/N)ccc32)CN1C(=O)c1ccccc1. The van der Waals surface area contributed by atoms with Gasteiger partial charge < -0.3 is 20.6 Å². The molecule has 3 heterocycles. The third-order valence-corrected chi connectivity index (χ3v) is 5.65. The molecule has 0 radical (unpaired) electrons. The highest BCUT2D eigenvalue weighted by atomic mass is 16.2. The van der Waals surface area contributed by atoms with E-state index in [4.69, 9.17) is 11.1 Å². The number of nitrogens with zero attached hydrogens (tertiary/aromatic N) is 3. The molecule has 2 aromatic heterocycles. The topological polar surface area (TPSA) is 88.0 Å². The van der Waals surface area contributed by atoms with Crippen LogP contribution in [0.1, 0.15) is 29.4 Å². The number of hydrogen-bond donors (Lipinski definition) is 2. The Bertz CT molecular complexity index is 1070. The van der Waals surface area contributed by atoms with Gasteiger partial charge in [-0.2, -0.15) is 0 Å². The molecule has 6 nitrogen and oxygen atoms in total. The van der Waals surface area contributed by atoms with Crippen LogP contribution in [0, 0.1) is 11.3 Å². The minimum absolute atomic E-state index is 0.108. The van der Waals surface area contributed by atoms with Crippen LogP contribution >= 0.6 is 0 Å². The maximum absolute atomic E-state index is 12.9. The van der Waals surface area contributed by atoms with Crippen molar-refractivity contribution >= 4 is 28.7 Å². The number of fused-ring (bicyclic) bond motifs is 1. The largest absolute Gasteiger partial charge is 0.404 e. The molecule has 3 aromatic rings. The number of nitrogens with two attached hydrogens (primary N) is 1. The third kappa shape index (κ3) is 3.66. The Balaban J connectivity index is 1.50. The van der Waals surface area contributed by atoms with Crippen molar-refractivity contribution in [2.75, 3.05) is 6.54 Å². The van der Waals surface area contributed by atoms with E-state index in [1.165, 1.54) is 12.4 Å². The fourth-order valence-electron chi connectivity index (χ4n) is 4.18. The normalized spacial score (nSPS) is 19.6. The highest BCUT2D eigenvalue weighted by Gasteiger charge is 2.33. The molecule has 1 saturated heterocycles. The van der Waals surface area contributed by atoms with Crippen LogP contribution in [-0.2, 0) is 6.54 Å². The van der Waals surface area contributed by atoms with Crippen LogP contribution in [0.5, 0.6) is 0 Å². The molecule has 148 valence electrons. The summed E-state index contributed by atoms with van der Waals surface area (Å²) in [5.41, 5.74) is 9.55. The summed E-state index contributed by atoms with van der Waals surface area (Å²) in [7, 11) is 0. The average molecular weight is 387 g/mol. The van der Waals surface area contributed by atoms with Crippen molar-refractivity contribution in [2.24, 2.45) is 11.7 Å². The van der Waals surface area contributed by atoms with Gasteiger partial charge in [0, 0.05) is 48.9 Å². The van der Waals surface area contributed by atoms with Crippen molar-refractivity contribution in [3.8, 4) is 0 Å². The molecular weight excluding hydrogens is 362 g/mol. The summed E-state index contributed by atoms with van der Waals surface area (Å²) in [5, 5.41) is 7.44. The number of carbonyl (C=O) groups excluding carboxylic acids is 1. The predicted molar refractivity (Wildman–Crippen MR) is 116 cm³/mol. The third-order valence-electron chi connectivity index (χ3n) is 5.65. The van der Waals surface area contributed by atoms with Gasteiger partial charge >= 0.3 is 0 Å². The number of hydrogen-bond acceptors (Lipinski definition) is 4. The number of benzene rings is 1. The van der Waals surface area contributed by atoms with Crippen molar-refractivity contribution < 1.29 is 4.79 Å². The molecule has 6 heteroatoms. The van der Waals surface area contributed by atoms with Crippen molar-refractivity contribution in [1.29, 1.82) is 5.41 Å². The van der Waals surface area contributed by atoms with E-state index in [-0.39, 0.29) is 11.9 Å². The van der Waals surface area contributed by atoms with Gasteiger partial charge in [-0.05, 0) is 49.6 Å². The first-order valence-corrected chi connectivity index (χ1v) is 9.85. The molecule has 0 aliphatic carbocycles. The Morgan fingerprint density at radius 3 is 2.76 bits per heavy atom. The highest BCUT2D eigenvalue weighted by molar-refractivity contribution is 6.07. The summed E-state index contributed by atoms with van der Waals surface area (Å²) in [6, 6.07) is 15.6. The number of allylic oxidation sites excluding steroid dienone is 1. The van der Waals surface area contributed by atoms with E-state index >= 15 is 0 Å². The zero-order chi connectivity index (χ0) is 20.4. The number of rotatable bonds is 5. The van der Waals surface area contributed by atoms with E-state index in [0.29, 0.717) is 17.2 Å². The predicted octanol–water partition coefficient (Wildman–Crippen LogP) is 3.54. The second kappa shape index (κ2) is 7.91. The summed E-state index contributed by atoms with van der Waals surface area (Å²) < 4.78 is 2.20. The smallest absolute Gasteiger partial charge is 0.254 e. The number of nitrogens with one attached hydrogen (secondary N) is 1. The Hall–Kier alpha value is -3.41. The summed E-state index contributed by atoms with van der Waals surface area (Å²) in [6.45, 7) is 3.73. The molecule has 3 N–H and O–H groups in total. The van der Waals surface area contributed by atoms with Gasteiger partial charge in [-0.3, -0.25) is 4.79 Å². The molecule has 0 saturated carbocycles. The molecule has 1 aliphatic rings. The second-order valence-electron chi connectivity index (χ2n) is 7.61. The standard InChI is InChI=1S/C23H25N5O/c1-16-11-17(15-28(16)23(29)18-5-3-2-4-6-18)14-27-10-9-21-22(27)8-7-20(26-21)19(12-24)13-25/h2-10,12-13,16-17,24H,11,14-15,25H2,1H3/b19-13+,24-12?/t16-,17?/m0/s1. The summed E-state index contributed by atoms with van der Waals surface area (Å²) >= 11 is 0. The minimum atomic E-state index is 0.108. The van der Waals surface area contributed by atoms with E-state index in [9.17, 15) is 4.79 Å². The minimum Gasteiger partial charge on any atom is -0.404 e. The van der Waals surface area contributed by atoms with Crippen LogP contribution in [0.25, 0.3) is 16.6 Å². The van der Waals surface area contributed by atoms with E-state index in [0.717, 1.165) is 36.1 Å². The van der Waals surface area contributed by atoms with Crippen LogP contribution < -0.4 is 5.73 Å². The van der Waals surface area contributed by atoms with Gasteiger partial charge in [0.25, 0.3) is 5.91 Å². The molecule has 2 atom stereocenters. The van der Waals surface area contributed by atoms with Crippen molar-refractivity contribution in [2.45, 2.75) is 25.9 Å². The van der Waals surface area contributed by atoms with Gasteiger partial charge in [-0.15, -0.1) is 0 Å². The molecule has 29 heavy (non-hydrogen) atoms. The first-order chi connectivity index (χ1) is 14.1. The maximum atomic E-state index is 12.9. The number of aromatic nitrogens is 2. The first-order valence-electron chi connectivity index (χ1n) is 9.85. The van der Waals surface area contributed by atoms with Crippen LogP contribution in [-0.4, -0.2) is 39.2 Å². The van der Waals surface area contributed by atoms with Crippen LogP contribution in [0.15, 0.2) is 60.9 Å². The zero-order valence-electron chi connectivity index (χ0n) is 16.5. The van der Waals surface area contributed by atoms with Crippen molar-refractivity contribution in [1.82, 2.24) is 14.5 Å². The van der Waals surface area contributed by atoms with Gasteiger partial charge in [0.2, 0.25) is 0 Å². The molecule has 1 fully saturated rings. The van der Waals surface area contributed by atoms with Gasteiger partial charge in [0.05, 0.1) is 16.7 Å². The van der Waals surface area contributed by atoms with Crippen molar-refractivity contribution in [3.63, 3.8) is 0 Å². The lowest BCUT2D eigenvalue weighted by atomic mass is 10.1. The molecule has 1 amide bonds. The number of pyridine rings is 1. The highest BCUT2D eigenvalue weighted by Crippen LogP contribution is 2.28. The van der Waals surface area contributed by atoms with Gasteiger partial charge in [-0.1, -0.05) is 18.2 Å². The Morgan fingerprint density at radius 1 is 1.24 bits per heavy atom. The molecular formula is C23H25N5O. The Kier molecular flexibility index (Phi) is 5.16. The number of carbonyl (C=O) groups is 1. The Labute approximate surface area is 170 Å². The van der Waals surface area contributed by atoms with E-state index in [1.54, 1.807) is 0 Å².